The van der Waals surface area contributed by atoms with E-state index in [4.69, 9.17) is 0 Å². The van der Waals surface area contributed by atoms with E-state index in [9.17, 15) is 14.7 Å². The van der Waals surface area contributed by atoms with Gasteiger partial charge in [-0.05, 0) is 36.3 Å². The van der Waals surface area contributed by atoms with Gasteiger partial charge in [-0.15, -0.1) is 0 Å². The number of aliphatic hydroxyl groups is 1. The highest BCUT2D eigenvalue weighted by atomic mass is 16.3. The van der Waals surface area contributed by atoms with Gasteiger partial charge in [0.15, 0.2) is 0 Å². The summed E-state index contributed by atoms with van der Waals surface area (Å²) in [5, 5.41) is 15.1. The first-order valence-corrected chi connectivity index (χ1v) is 9.01. The first-order chi connectivity index (χ1) is 11.8. The van der Waals surface area contributed by atoms with E-state index in [1.165, 1.54) is 0 Å². The number of carbonyl (C=O) groups is 2. The molecule has 3 N–H and O–H groups in total. The molecule has 0 radical (unpaired) electrons. The van der Waals surface area contributed by atoms with Crippen LogP contribution >= 0.6 is 0 Å². The molecule has 0 aromatic heterocycles. The van der Waals surface area contributed by atoms with Crippen LogP contribution in [0.25, 0.3) is 0 Å². The van der Waals surface area contributed by atoms with Crippen LogP contribution in [0.5, 0.6) is 0 Å². The Labute approximate surface area is 150 Å². The standard InChI is InChI=1S/C20H30N2O3/c1-5-21-17(24)16-9-10-20(4,19(16,2)3)18(25)22-12-14-7-6-8-15(11-14)13-23/h6-8,11,16,23H,5,9-10,12-13H2,1-4H3,(H,21,24)(H,22,25)/t16-,20+/m1/s1. The van der Waals surface area contributed by atoms with Gasteiger partial charge in [0.2, 0.25) is 11.8 Å². The van der Waals surface area contributed by atoms with Gasteiger partial charge in [-0.3, -0.25) is 9.59 Å². The van der Waals surface area contributed by atoms with Crippen molar-refractivity contribution in [3.05, 3.63) is 35.4 Å². The van der Waals surface area contributed by atoms with Crippen LogP contribution in [0.2, 0.25) is 0 Å². The molecule has 1 aromatic carbocycles. The van der Waals surface area contributed by atoms with Gasteiger partial charge in [-0.25, -0.2) is 0 Å². The van der Waals surface area contributed by atoms with Crippen LogP contribution in [-0.4, -0.2) is 23.5 Å². The zero-order chi connectivity index (χ0) is 18.7. The predicted octanol–water partition coefficient (Wildman–Crippen LogP) is 2.37. The molecule has 0 heterocycles. The summed E-state index contributed by atoms with van der Waals surface area (Å²) in [6.07, 6.45) is 1.42. The zero-order valence-electron chi connectivity index (χ0n) is 15.7. The average Bonchev–Trinajstić information content (AvgIpc) is 2.84. The second kappa shape index (κ2) is 7.56. The first kappa shape index (κ1) is 19.4. The zero-order valence-corrected chi connectivity index (χ0v) is 15.7. The largest absolute Gasteiger partial charge is 0.392 e. The van der Waals surface area contributed by atoms with Crippen LogP contribution in [0.3, 0.4) is 0 Å². The summed E-state index contributed by atoms with van der Waals surface area (Å²) >= 11 is 0. The summed E-state index contributed by atoms with van der Waals surface area (Å²) in [6.45, 7) is 8.93. The van der Waals surface area contributed by atoms with E-state index < -0.39 is 10.8 Å². The number of benzene rings is 1. The summed E-state index contributed by atoms with van der Waals surface area (Å²) in [5.41, 5.74) is 0.788. The molecule has 1 aromatic rings. The van der Waals surface area contributed by atoms with Crippen LogP contribution in [0.4, 0.5) is 0 Å². The third kappa shape index (κ3) is 3.71. The molecule has 1 saturated carbocycles. The first-order valence-electron chi connectivity index (χ1n) is 9.01. The molecule has 0 unspecified atom stereocenters. The van der Waals surface area contributed by atoms with E-state index in [1.54, 1.807) is 0 Å². The molecular formula is C20H30N2O3. The molecule has 5 heteroatoms. The van der Waals surface area contributed by atoms with E-state index in [0.717, 1.165) is 17.5 Å². The van der Waals surface area contributed by atoms with Gasteiger partial charge in [0.25, 0.3) is 0 Å². The van der Waals surface area contributed by atoms with Gasteiger partial charge in [0, 0.05) is 19.0 Å². The smallest absolute Gasteiger partial charge is 0.226 e. The Morgan fingerprint density at radius 2 is 1.88 bits per heavy atom. The van der Waals surface area contributed by atoms with Crippen LogP contribution in [0, 0.1) is 16.7 Å². The predicted molar refractivity (Wildman–Crippen MR) is 97.5 cm³/mol. The third-order valence-electron chi connectivity index (χ3n) is 6.02. The molecule has 0 saturated heterocycles. The Morgan fingerprint density at radius 3 is 2.52 bits per heavy atom. The van der Waals surface area contributed by atoms with Crippen LogP contribution in [-0.2, 0) is 22.7 Å². The molecule has 0 spiro atoms. The maximum atomic E-state index is 12.9. The highest BCUT2D eigenvalue weighted by molar-refractivity contribution is 5.87. The minimum atomic E-state index is -0.586. The number of hydrogen-bond donors (Lipinski definition) is 3. The van der Waals surface area contributed by atoms with Gasteiger partial charge in [0.05, 0.1) is 12.0 Å². The number of hydrogen-bond acceptors (Lipinski definition) is 3. The Kier molecular flexibility index (Phi) is 5.88. The molecule has 1 fully saturated rings. The summed E-state index contributed by atoms with van der Waals surface area (Å²) in [6, 6.07) is 7.54. The maximum Gasteiger partial charge on any atom is 0.226 e. The number of rotatable bonds is 6. The number of amides is 2. The maximum absolute atomic E-state index is 12.9. The molecule has 1 aliphatic rings. The van der Waals surface area contributed by atoms with Gasteiger partial charge in [-0.1, -0.05) is 45.0 Å². The second-order valence-corrected chi connectivity index (χ2v) is 7.70. The summed E-state index contributed by atoms with van der Waals surface area (Å²) < 4.78 is 0. The van der Waals surface area contributed by atoms with E-state index in [1.807, 2.05) is 52.0 Å². The Bertz CT molecular complexity index is 642. The number of carbonyl (C=O) groups excluding carboxylic acids is 2. The fourth-order valence-corrected chi connectivity index (χ4v) is 3.88. The van der Waals surface area contributed by atoms with E-state index >= 15 is 0 Å². The van der Waals surface area contributed by atoms with Crippen LogP contribution < -0.4 is 10.6 Å². The molecule has 25 heavy (non-hydrogen) atoms. The molecule has 2 amide bonds. The quantitative estimate of drug-likeness (QED) is 0.740. The van der Waals surface area contributed by atoms with Gasteiger partial charge >= 0.3 is 0 Å². The molecule has 138 valence electrons. The lowest BCUT2D eigenvalue weighted by Crippen LogP contribution is -2.49. The minimum absolute atomic E-state index is 0.0131. The number of nitrogens with one attached hydrogen (secondary N) is 2. The van der Waals surface area contributed by atoms with Crippen LogP contribution in [0.15, 0.2) is 24.3 Å². The Balaban J connectivity index is 2.08. The fraction of sp³-hybridized carbons (Fsp3) is 0.600. The summed E-state index contributed by atoms with van der Waals surface area (Å²) in [4.78, 5) is 25.3. The second-order valence-electron chi connectivity index (χ2n) is 7.70. The van der Waals surface area contributed by atoms with E-state index in [2.05, 4.69) is 10.6 Å². The highest BCUT2D eigenvalue weighted by Gasteiger charge is 2.57. The number of aliphatic hydroxyl groups excluding tert-OH is 1. The lowest BCUT2D eigenvalue weighted by atomic mass is 9.65. The van der Waals surface area contributed by atoms with Crippen molar-refractivity contribution in [3.63, 3.8) is 0 Å². The molecule has 0 bridgehead atoms. The molecule has 1 aliphatic carbocycles. The SMILES string of the molecule is CCNC(=O)[C@H]1CC[C@@](C)(C(=O)NCc2cccc(CO)c2)C1(C)C. The van der Waals surface area contributed by atoms with Crippen molar-refractivity contribution >= 4 is 11.8 Å². The van der Waals surface area contributed by atoms with Crippen molar-refractivity contribution in [2.75, 3.05) is 6.54 Å². The van der Waals surface area contributed by atoms with Crippen molar-refractivity contribution < 1.29 is 14.7 Å². The highest BCUT2D eigenvalue weighted by Crippen LogP contribution is 2.56. The molecule has 0 aliphatic heterocycles. The van der Waals surface area contributed by atoms with Crippen molar-refractivity contribution in [2.24, 2.45) is 16.7 Å². The van der Waals surface area contributed by atoms with Gasteiger partial charge in [-0.2, -0.15) is 0 Å². The van der Waals surface area contributed by atoms with Crippen molar-refractivity contribution in [3.8, 4) is 0 Å². The molecular weight excluding hydrogens is 316 g/mol. The topological polar surface area (TPSA) is 78.4 Å². The third-order valence-corrected chi connectivity index (χ3v) is 6.02. The van der Waals surface area contributed by atoms with Gasteiger partial charge in [0.1, 0.15) is 0 Å². The van der Waals surface area contributed by atoms with E-state index in [0.29, 0.717) is 19.5 Å². The Hall–Kier alpha value is -1.88. The monoisotopic (exact) mass is 346 g/mol. The van der Waals surface area contributed by atoms with Crippen LogP contribution in [0.1, 0.15) is 51.7 Å². The molecule has 2 atom stereocenters. The normalized spacial score (nSPS) is 24.8. The van der Waals surface area contributed by atoms with Crippen molar-refractivity contribution in [1.82, 2.24) is 10.6 Å². The summed E-state index contributed by atoms with van der Waals surface area (Å²) in [7, 11) is 0. The van der Waals surface area contributed by atoms with Gasteiger partial charge < -0.3 is 15.7 Å². The average molecular weight is 346 g/mol. The molecule has 2 rings (SSSR count). The van der Waals surface area contributed by atoms with E-state index in [-0.39, 0.29) is 24.3 Å². The van der Waals surface area contributed by atoms with Crippen molar-refractivity contribution in [1.29, 1.82) is 0 Å². The molecule has 5 nitrogen and oxygen atoms in total. The lowest BCUT2D eigenvalue weighted by molar-refractivity contribution is -0.139. The minimum Gasteiger partial charge on any atom is -0.392 e. The Morgan fingerprint density at radius 1 is 1.20 bits per heavy atom. The fourth-order valence-electron chi connectivity index (χ4n) is 3.88. The van der Waals surface area contributed by atoms with Crippen molar-refractivity contribution in [2.45, 2.75) is 53.7 Å². The lowest BCUT2D eigenvalue weighted by Gasteiger charge is -2.39. The summed E-state index contributed by atoms with van der Waals surface area (Å²) in [5.74, 6) is -0.126.